The Kier molecular flexibility index (Phi) is 7.56. The fraction of sp³-hybridized carbons (Fsp3) is 0.846. The molecule has 0 aliphatic heterocycles. The van der Waals surface area contributed by atoms with Crippen molar-refractivity contribution in [3.63, 3.8) is 0 Å². The fourth-order valence-corrected chi connectivity index (χ4v) is 1.58. The van der Waals surface area contributed by atoms with Crippen molar-refractivity contribution in [2.45, 2.75) is 40.0 Å². The van der Waals surface area contributed by atoms with Crippen LogP contribution in [0, 0.1) is 16.7 Å². The van der Waals surface area contributed by atoms with Crippen LogP contribution in [0.2, 0.25) is 0 Å². The maximum Gasteiger partial charge on any atom is 0.306 e. The van der Waals surface area contributed by atoms with Crippen LogP contribution in [-0.4, -0.2) is 37.6 Å². The van der Waals surface area contributed by atoms with Crippen molar-refractivity contribution in [2.75, 3.05) is 26.7 Å². The molecule has 0 unspecified atom stereocenters. The average Bonchev–Trinajstić information content (AvgIpc) is 2.32. The van der Waals surface area contributed by atoms with Crippen molar-refractivity contribution in [2.24, 2.45) is 5.41 Å². The summed E-state index contributed by atoms with van der Waals surface area (Å²) in [5.41, 5.74) is -0.248. The minimum absolute atomic E-state index is 0.166. The Morgan fingerprint density at radius 3 is 2.53 bits per heavy atom. The summed E-state index contributed by atoms with van der Waals surface area (Å²) in [7, 11) is 1.41. The summed E-state index contributed by atoms with van der Waals surface area (Å²) in [6.07, 6.45) is 2.31. The molecule has 0 aliphatic carbocycles. The van der Waals surface area contributed by atoms with Crippen LogP contribution in [0.4, 0.5) is 0 Å². The number of hydrogen-bond donors (Lipinski definition) is 0. The third-order valence-corrected chi connectivity index (χ3v) is 2.89. The number of carbonyl (C=O) groups excluding carboxylic acids is 1. The van der Waals surface area contributed by atoms with Crippen LogP contribution in [0.3, 0.4) is 0 Å². The zero-order chi connectivity index (χ0) is 13.3. The van der Waals surface area contributed by atoms with E-state index in [-0.39, 0.29) is 11.4 Å². The SMILES string of the molecule is CCN(CCCC(C)(C)C#N)CCC(=O)OC. The van der Waals surface area contributed by atoms with Gasteiger partial charge in [-0.15, -0.1) is 0 Å². The Bertz CT molecular complexity index is 269. The van der Waals surface area contributed by atoms with Crippen molar-refractivity contribution in [3.05, 3.63) is 0 Å². The van der Waals surface area contributed by atoms with Crippen LogP contribution in [0.15, 0.2) is 0 Å². The van der Waals surface area contributed by atoms with E-state index in [1.807, 2.05) is 13.8 Å². The minimum atomic E-state index is -0.248. The van der Waals surface area contributed by atoms with Crippen LogP contribution in [0.1, 0.15) is 40.0 Å². The van der Waals surface area contributed by atoms with Gasteiger partial charge < -0.3 is 9.64 Å². The molecule has 0 saturated carbocycles. The molecule has 0 N–H and O–H groups in total. The lowest BCUT2D eigenvalue weighted by Gasteiger charge is -2.22. The molecule has 4 heteroatoms. The normalized spacial score (nSPS) is 11.3. The Labute approximate surface area is 105 Å². The second-order valence-electron chi connectivity index (χ2n) is 4.86. The van der Waals surface area contributed by atoms with Gasteiger partial charge in [-0.05, 0) is 39.8 Å². The molecule has 0 amide bonds. The summed E-state index contributed by atoms with van der Waals surface area (Å²) in [5, 5.41) is 8.90. The molecule has 0 atom stereocenters. The quantitative estimate of drug-likeness (QED) is 0.610. The second kappa shape index (κ2) is 8.08. The lowest BCUT2D eigenvalue weighted by Crippen LogP contribution is -2.28. The number of nitrogens with zero attached hydrogens (tertiary/aromatic N) is 2. The zero-order valence-electron chi connectivity index (χ0n) is 11.5. The first-order chi connectivity index (χ1) is 7.95. The van der Waals surface area contributed by atoms with Gasteiger partial charge >= 0.3 is 5.97 Å². The summed E-state index contributed by atoms with van der Waals surface area (Å²) in [5.74, 6) is -0.166. The van der Waals surface area contributed by atoms with E-state index >= 15 is 0 Å². The van der Waals surface area contributed by atoms with E-state index < -0.39 is 0 Å². The highest BCUT2D eigenvalue weighted by Gasteiger charge is 2.16. The van der Waals surface area contributed by atoms with Crippen LogP contribution < -0.4 is 0 Å². The summed E-state index contributed by atoms with van der Waals surface area (Å²) in [4.78, 5) is 13.2. The first kappa shape index (κ1) is 15.9. The Balaban J connectivity index is 3.84. The molecule has 0 aromatic heterocycles. The highest BCUT2D eigenvalue weighted by atomic mass is 16.5. The second-order valence-corrected chi connectivity index (χ2v) is 4.86. The largest absolute Gasteiger partial charge is 0.469 e. The zero-order valence-corrected chi connectivity index (χ0v) is 11.5. The van der Waals surface area contributed by atoms with E-state index in [1.54, 1.807) is 0 Å². The Hall–Kier alpha value is -1.08. The predicted octanol–water partition coefficient (Wildman–Crippen LogP) is 2.20. The lowest BCUT2D eigenvalue weighted by atomic mass is 9.90. The van der Waals surface area contributed by atoms with Gasteiger partial charge in [0.25, 0.3) is 0 Å². The van der Waals surface area contributed by atoms with Gasteiger partial charge in [0, 0.05) is 6.54 Å². The predicted molar refractivity (Wildman–Crippen MR) is 67.4 cm³/mol. The Morgan fingerprint density at radius 2 is 2.06 bits per heavy atom. The summed E-state index contributed by atoms with van der Waals surface area (Å²) >= 11 is 0. The van der Waals surface area contributed by atoms with Gasteiger partial charge in [-0.1, -0.05) is 6.92 Å². The molecule has 0 aromatic rings. The third kappa shape index (κ3) is 7.76. The van der Waals surface area contributed by atoms with E-state index in [1.165, 1.54) is 7.11 Å². The third-order valence-electron chi connectivity index (χ3n) is 2.89. The maximum absolute atomic E-state index is 11.0. The molecule has 0 aromatic carbocycles. The monoisotopic (exact) mass is 240 g/mol. The number of nitriles is 1. The topological polar surface area (TPSA) is 53.3 Å². The Morgan fingerprint density at radius 1 is 1.41 bits per heavy atom. The molecule has 0 fully saturated rings. The highest BCUT2D eigenvalue weighted by Crippen LogP contribution is 2.20. The molecule has 0 heterocycles. The van der Waals surface area contributed by atoms with Gasteiger partial charge in [-0.3, -0.25) is 4.79 Å². The van der Waals surface area contributed by atoms with Crippen molar-refractivity contribution < 1.29 is 9.53 Å². The van der Waals surface area contributed by atoms with Crippen LogP contribution >= 0.6 is 0 Å². The molecule has 0 saturated heterocycles. The van der Waals surface area contributed by atoms with Crippen LogP contribution in [0.25, 0.3) is 0 Å². The van der Waals surface area contributed by atoms with E-state index in [0.29, 0.717) is 6.42 Å². The molecule has 98 valence electrons. The fourth-order valence-electron chi connectivity index (χ4n) is 1.58. The smallest absolute Gasteiger partial charge is 0.306 e. The molecule has 0 bridgehead atoms. The van der Waals surface area contributed by atoms with E-state index in [4.69, 9.17) is 5.26 Å². The van der Waals surface area contributed by atoms with Gasteiger partial charge in [-0.25, -0.2) is 0 Å². The van der Waals surface area contributed by atoms with Gasteiger partial charge in [0.1, 0.15) is 0 Å². The average molecular weight is 240 g/mol. The van der Waals surface area contributed by atoms with E-state index in [2.05, 4.69) is 22.6 Å². The molecule has 0 radical (unpaired) electrons. The van der Waals surface area contributed by atoms with Gasteiger partial charge in [0.15, 0.2) is 0 Å². The van der Waals surface area contributed by atoms with Crippen LogP contribution in [0.5, 0.6) is 0 Å². The van der Waals surface area contributed by atoms with Crippen molar-refractivity contribution in [1.82, 2.24) is 4.90 Å². The minimum Gasteiger partial charge on any atom is -0.469 e. The summed E-state index contributed by atoms with van der Waals surface area (Å²) < 4.78 is 4.61. The molecule has 0 aliphatic rings. The standard InChI is InChI=1S/C13H24N2O2/c1-5-15(10-7-12(16)17-4)9-6-8-13(2,3)11-14/h5-10H2,1-4H3. The molecular weight excluding hydrogens is 216 g/mol. The first-order valence-corrected chi connectivity index (χ1v) is 6.15. The number of ether oxygens (including phenoxy) is 1. The first-order valence-electron chi connectivity index (χ1n) is 6.15. The molecular formula is C13H24N2O2. The molecule has 17 heavy (non-hydrogen) atoms. The van der Waals surface area contributed by atoms with E-state index in [9.17, 15) is 4.79 Å². The number of methoxy groups -OCH3 is 1. The lowest BCUT2D eigenvalue weighted by molar-refractivity contribution is -0.140. The van der Waals surface area contributed by atoms with Gasteiger partial charge in [0.05, 0.1) is 25.0 Å². The molecule has 0 rings (SSSR count). The van der Waals surface area contributed by atoms with Crippen molar-refractivity contribution in [3.8, 4) is 6.07 Å². The number of hydrogen-bond acceptors (Lipinski definition) is 4. The maximum atomic E-state index is 11.0. The molecule has 0 spiro atoms. The van der Waals surface area contributed by atoms with Gasteiger partial charge in [-0.2, -0.15) is 5.26 Å². The van der Waals surface area contributed by atoms with Gasteiger partial charge in [0.2, 0.25) is 0 Å². The van der Waals surface area contributed by atoms with E-state index in [0.717, 1.165) is 32.5 Å². The number of carbonyl (C=O) groups is 1. The molecule has 4 nitrogen and oxygen atoms in total. The van der Waals surface area contributed by atoms with Crippen molar-refractivity contribution in [1.29, 1.82) is 5.26 Å². The highest BCUT2D eigenvalue weighted by molar-refractivity contribution is 5.69. The number of esters is 1. The number of rotatable bonds is 8. The summed E-state index contributed by atoms with van der Waals surface area (Å²) in [6.45, 7) is 8.57. The van der Waals surface area contributed by atoms with Crippen molar-refractivity contribution >= 4 is 5.97 Å². The summed E-state index contributed by atoms with van der Waals surface area (Å²) in [6, 6.07) is 2.30. The van der Waals surface area contributed by atoms with Crippen LogP contribution in [-0.2, 0) is 9.53 Å².